The van der Waals surface area contributed by atoms with Gasteiger partial charge in [0.1, 0.15) is 0 Å². The Morgan fingerprint density at radius 3 is 2.57 bits per heavy atom. The van der Waals surface area contributed by atoms with Gasteiger partial charge in [-0.15, -0.1) is 0 Å². The Bertz CT molecular complexity index is 1170. The van der Waals surface area contributed by atoms with Crippen molar-refractivity contribution in [3.63, 3.8) is 0 Å². The van der Waals surface area contributed by atoms with Gasteiger partial charge in [0.05, 0.1) is 16.0 Å². The van der Waals surface area contributed by atoms with Crippen LogP contribution in [0.15, 0.2) is 59.5 Å². The number of hydrogen-bond acceptors (Lipinski definition) is 6. The fraction of sp³-hybridized carbons (Fsp3) is 0.150. The lowest BCUT2D eigenvalue weighted by molar-refractivity contribution is -0.119. The van der Waals surface area contributed by atoms with Gasteiger partial charge in [0.2, 0.25) is 0 Å². The Kier molecular flexibility index (Phi) is 5.41. The van der Waals surface area contributed by atoms with Crippen molar-refractivity contribution in [1.82, 2.24) is 4.98 Å². The third kappa shape index (κ3) is 4.52. The van der Waals surface area contributed by atoms with E-state index in [1.54, 1.807) is 37.3 Å². The molecule has 0 spiro atoms. The molecule has 1 N–H and O–H groups in total. The number of sulfone groups is 1. The summed E-state index contributed by atoms with van der Waals surface area (Å²) in [5.41, 5.74) is 1.95. The van der Waals surface area contributed by atoms with Crippen LogP contribution in [0.2, 0.25) is 0 Å². The van der Waals surface area contributed by atoms with E-state index < -0.39 is 28.3 Å². The summed E-state index contributed by atoms with van der Waals surface area (Å²) in [6, 6.07) is 14.6. The van der Waals surface area contributed by atoms with Crippen LogP contribution in [0.5, 0.6) is 0 Å². The average Bonchev–Trinajstić information content (AvgIpc) is 2.65. The zero-order chi connectivity index (χ0) is 20.3. The van der Waals surface area contributed by atoms with E-state index in [0.29, 0.717) is 27.8 Å². The molecule has 3 aromatic rings. The quantitative estimate of drug-likeness (QED) is 0.663. The van der Waals surface area contributed by atoms with Crippen LogP contribution in [0.1, 0.15) is 16.1 Å². The number of hydrogen-bond donors (Lipinski definition) is 1. The molecule has 0 aliphatic rings. The average molecular weight is 398 g/mol. The lowest BCUT2D eigenvalue weighted by atomic mass is 10.1. The SMILES string of the molecule is Cc1cc(C(=O)OCC(=O)Nc2cccc(S(C)(=O)=O)c2)c2ccccc2n1. The number of fused-ring (bicyclic) bond motifs is 1. The van der Waals surface area contributed by atoms with Gasteiger partial charge >= 0.3 is 5.97 Å². The van der Waals surface area contributed by atoms with Crippen molar-refractivity contribution in [2.24, 2.45) is 0 Å². The van der Waals surface area contributed by atoms with E-state index in [1.807, 2.05) is 6.07 Å². The molecule has 0 unspecified atom stereocenters. The number of pyridine rings is 1. The lowest BCUT2D eigenvalue weighted by Crippen LogP contribution is -2.21. The molecular formula is C20H18N2O5S. The van der Waals surface area contributed by atoms with Crippen LogP contribution in [0, 0.1) is 6.92 Å². The minimum Gasteiger partial charge on any atom is -0.452 e. The van der Waals surface area contributed by atoms with Crippen LogP contribution in [0.4, 0.5) is 5.69 Å². The van der Waals surface area contributed by atoms with Crippen molar-refractivity contribution >= 4 is 38.3 Å². The molecular weight excluding hydrogens is 380 g/mol. The molecule has 0 saturated heterocycles. The maximum atomic E-state index is 12.4. The molecule has 7 nitrogen and oxygen atoms in total. The van der Waals surface area contributed by atoms with Gasteiger partial charge in [-0.1, -0.05) is 24.3 Å². The molecule has 1 amide bonds. The molecule has 0 aliphatic heterocycles. The normalized spacial score (nSPS) is 11.2. The van der Waals surface area contributed by atoms with E-state index in [-0.39, 0.29) is 4.90 Å². The van der Waals surface area contributed by atoms with Gasteiger partial charge in [0.25, 0.3) is 5.91 Å². The monoisotopic (exact) mass is 398 g/mol. The largest absolute Gasteiger partial charge is 0.452 e. The van der Waals surface area contributed by atoms with Crippen LogP contribution in [-0.4, -0.2) is 38.1 Å². The number of carbonyl (C=O) groups is 2. The molecule has 2 aromatic carbocycles. The minimum absolute atomic E-state index is 0.0843. The summed E-state index contributed by atoms with van der Waals surface area (Å²) in [5, 5.41) is 3.16. The van der Waals surface area contributed by atoms with Crippen LogP contribution in [0.3, 0.4) is 0 Å². The summed E-state index contributed by atoms with van der Waals surface area (Å²) in [5.74, 6) is -1.21. The standard InChI is InChI=1S/C20H18N2O5S/c1-13-10-17(16-8-3-4-9-18(16)21-13)20(24)27-12-19(23)22-14-6-5-7-15(11-14)28(2,25)26/h3-11H,12H2,1-2H3,(H,22,23). The molecule has 0 atom stereocenters. The number of benzene rings is 2. The highest BCUT2D eigenvalue weighted by Gasteiger charge is 2.15. The van der Waals surface area contributed by atoms with E-state index in [9.17, 15) is 18.0 Å². The molecule has 3 rings (SSSR count). The molecule has 0 fully saturated rings. The second kappa shape index (κ2) is 7.77. The number of anilines is 1. The summed E-state index contributed by atoms with van der Waals surface area (Å²) < 4.78 is 28.3. The number of para-hydroxylation sites is 1. The highest BCUT2D eigenvalue weighted by Crippen LogP contribution is 2.19. The topological polar surface area (TPSA) is 102 Å². The smallest absolute Gasteiger partial charge is 0.339 e. The van der Waals surface area contributed by atoms with Crippen molar-refractivity contribution in [2.75, 3.05) is 18.2 Å². The molecule has 1 heterocycles. The summed E-state index contributed by atoms with van der Waals surface area (Å²) in [6.45, 7) is 1.27. The van der Waals surface area contributed by atoms with Crippen molar-refractivity contribution in [2.45, 2.75) is 11.8 Å². The third-order valence-corrected chi connectivity index (χ3v) is 5.05. The molecule has 0 radical (unpaired) electrons. The minimum atomic E-state index is -3.39. The summed E-state index contributed by atoms with van der Waals surface area (Å²) >= 11 is 0. The highest BCUT2D eigenvalue weighted by molar-refractivity contribution is 7.90. The zero-order valence-electron chi connectivity index (χ0n) is 15.3. The van der Waals surface area contributed by atoms with E-state index in [4.69, 9.17) is 4.74 Å². The number of ether oxygens (including phenoxy) is 1. The molecule has 0 bridgehead atoms. The fourth-order valence-electron chi connectivity index (χ4n) is 2.69. The van der Waals surface area contributed by atoms with Crippen molar-refractivity contribution in [1.29, 1.82) is 0 Å². The van der Waals surface area contributed by atoms with Crippen LogP contribution < -0.4 is 5.32 Å². The zero-order valence-corrected chi connectivity index (χ0v) is 16.1. The van der Waals surface area contributed by atoms with E-state index >= 15 is 0 Å². The number of amides is 1. The van der Waals surface area contributed by atoms with Crippen LogP contribution >= 0.6 is 0 Å². The first-order valence-corrected chi connectivity index (χ1v) is 10.3. The fourth-order valence-corrected chi connectivity index (χ4v) is 3.35. The van der Waals surface area contributed by atoms with Crippen molar-refractivity contribution in [3.8, 4) is 0 Å². The maximum Gasteiger partial charge on any atom is 0.339 e. The number of aromatic nitrogens is 1. The Morgan fingerprint density at radius 2 is 1.82 bits per heavy atom. The summed E-state index contributed by atoms with van der Waals surface area (Å²) in [6.07, 6.45) is 1.08. The van der Waals surface area contributed by atoms with E-state index in [2.05, 4.69) is 10.3 Å². The predicted octanol–water partition coefficient (Wildman–Crippen LogP) is 2.74. The maximum absolute atomic E-state index is 12.4. The van der Waals surface area contributed by atoms with Gasteiger partial charge < -0.3 is 10.1 Å². The number of rotatable bonds is 5. The van der Waals surface area contributed by atoms with E-state index in [0.717, 1.165) is 6.26 Å². The number of nitrogens with zero attached hydrogens (tertiary/aromatic N) is 1. The molecule has 1 aromatic heterocycles. The number of esters is 1. The first-order valence-electron chi connectivity index (χ1n) is 8.37. The molecule has 0 saturated carbocycles. The summed E-state index contributed by atoms with van der Waals surface area (Å²) in [7, 11) is -3.39. The number of aryl methyl sites for hydroxylation is 1. The third-order valence-electron chi connectivity index (χ3n) is 3.94. The van der Waals surface area contributed by atoms with Gasteiger partial charge in [-0.2, -0.15) is 0 Å². The molecule has 28 heavy (non-hydrogen) atoms. The Labute approximate surface area is 162 Å². The number of nitrogens with one attached hydrogen (secondary N) is 1. The Hall–Kier alpha value is -3.26. The second-order valence-corrected chi connectivity index (χ2v) is 8.27. The predicted molar refractivity (Wildman–Crippen MR) is 105 cm³/mol. The molecule has 0 aliphatic carbocycles. The van der Waals surface area contributed by atoms with E-state index in [1.165, 1.54) is 18.2 Å². The van der Waals surface area contributed by atoms with Crippen molar-refractivity contribution < 1.29 is 22.7 Å². The lowest BCUT2D eigenvalue weighted by Gasteiger charge is -2.09. The first-order chi connectivity index (χ1) is 13.2. The Balaban J connectivity index is 1.70. The van der Waals surface area contributed by atoms with Gasteiger partial charge in [0.15, 0.2) is 16.4 Å². The van der Waals surface area contributed by atoms with Crippen molar-refractivity contribution in [3.05, 3.63) is 65.9 Å². The number of carbonyl (C=O) groups excluding carboxylic acids is 2. The van der Waals surface area contributed by atoms with Gasteiger partial charge in [0, 0.05) is 23.0 Å². The van der Waals surface area contributed by atoms with Gasteiger partial charge in [-0.25, -0.2) is 13.2 Å². The molecule has 8 heteroatoms. The van der Waals surface area contributed by atoms with Crippen LogP contribution in [-0.2, 0) is 19.4 Å². The van der Waals surface area contributed by atoms with Gasteiger partial charge in [-0.3, -0.25) is 9.78 Å². The highest BCUT2D eigenvalue weighted by atomic mass is 32.2. The summed E-state index contributed by atoms with van der Waals surface area (Å²) in [4.78, 5) is 29.0. The molecule has 144 valence electrons. The Morgan fingerprint density at radius 1 is 1.07 bits per heavy atom. The van der Waals surface area contributed by atoms with Crippen LogP contribution in [0.25, 0.3) is 10.9 Å². The first kappa shape index (κ1) is 19.5. The van der Waals surface area contributed by atoms with Gasteiger partial charge in [-0.05, 0) is 37.3 Å². The second-order valence-electron chi connectivity index (χ2n) is 6.25.